The number of aryl methyl sites for hydroxylation is 1. The molecule has 1 aliphatic carbocycles. The largest absolute Gasteiger partial charge is 0.383 e. The fourth-order valence-electron chi connectivity index (χ4n) is 2.96. The number of nitrogens with one attached hydrogen (secondary N) is 1. The molecule has 0 spiro atoms. The molecule has 0 unspecified atom stereocenters. The Hall–Kier alpha value is -1.66. The van der Waals surface area contributed by atoms with E-state index in [4.69, 9.17) is 4.74 Å². The van der Waals surface area contributed by atoms with Gasteiger partial charge in [-0.1, -0.05) is 0 Å². The minimum atomic E-state index is 0.708. The minimum absolute atomic E-state index is 0.708. The van der Waals surface area contributed by atoms with Crippen LogP contribution in [0.2, 0.25) is 0 Å². The van der Waals surface area contributed by atoms with Crippen molar-refractivity contribution in [2.75, 3.05) is 20.8 Å². The smallest absolute Gasteiger partial charge is 0.122 e. The Morgan fingerprint density at radius 1 is 1.38 bits per heavy atom. The van der Waals surface area contributed by atoms with Gasteiger partial charge in [0.2, 0.25) is 0 Å². The Bertz CT molecular complexity index is 589. The van der Waals surface area contributed by atoms with Crippen LogP contribution in [0.15, 0.2) is 12.4 Å². The van der Waals surface area contributed by atoms with Crippen LogP contribution in [0.25, 0.3) is 0 Å². The molecule has 0 aromatic carbocycles. The topological polar surface area (TPSA) is 59.0 Å². The highest BCUT2D eigenvalue weighted by atomic mass is 16.5. The maximum atomic E-state index is 5.13. The number of imidazole rings is 1. The van der Waals surface area contributed by atoms with Crippen LogP contribution in [0.1, 0.15) is 29.2 Å². The highest BCUT2D eigenvalue weighted by Crippen LogP contribution is 2.23. The number of hydrogen-bond donors (Lipinski definition) is 1. The lowest BCUT2D eigenvalue weighted by atomic mass is 10.2. The molecule has 0 radical (unpaired) electrons. The third-order valence-electron chi connectivity index (χ3n) is 4.06. The van der Waals surface area contributed by atoms with Crippen molar-refractivity contribution >= 4 is 0 Å². The summed E-state index contributed by atoms with van der Waals surface area (Å²) in [5.74, 6) is 1.07. The fourth-order valence-corrected chi connectivity index (χ4v) is 2.96. The number of ether oxygens (including phenoxy) is 1. The first-order valence-electron chi connectivity index (χ1n) is 7.50. The average Bonchev–Trinajstić information content (AvgIpc) is 3.15. The molecular formula is C15H23N5O. The van der Waals surface area contributed by atoms with Gasteiger partial charge in [-0.2, -0.15) is 5.10 Å². The lowest BCUT2D eigenvalue weighted by Gasteiger charge is -2.16. The molecule has 0 bridgehead atoms. The summed E-state index contributed by atoms with van der Waals surface area (Å²) in [6.45, 7) is 3.23. The molecule has 2 aromatic rings. The van der Waals surface area contributed by atoms with Gasteiger partial charge in [-0.25, -0.2) is 4.98 Å². The molecule has 0 saturated carbocycles. The molecule has 2 heterocycles. The van der Waals surface area contributed by atoms with Gasteiger partial charge in [-0.05, 0) is 31.9 Å². The van der Waals surface area contributed by atoms with Gasteiger partial charge in [-0.15, -0.1) is 0 Å². The number of nitrogens with zero attached hydrogens (tertiary/aromatic N) is 4. The number of methoxy groups -OCH3 is 1. The molecule has 6 heteroatoms. The van der Waals surface area contributed by atoms with E-state index in [1.165, 1.54) is 23.4 Å². The molecule has 0 atom stereocenters. The molecule has 0 fully saturated rings. The summed E-state index contributed by atoms with van der Waals surface area (Å²) >= 11 is 0. The van der Waals surface area contributed by atoms with Crippen LogP contribution in [-0.4, -0.2) is 45.4 Å². The summed E-state index contributed by atoms with van der Waals surface area (Å²) in [6, 6.07) is 0. The number of H-pyrrole nitrogens is 1. The summed E-state index contributed by atoms with van der Waals surface area (Å²) in [5.41, 5.74) is 3.96. The quantitative estimate of drug-likeness (QED) is 0.836. The molecule has 21 heavy (non-hydrogen) atoms. The Morgan fingerprint density at radius 2 is 2.29 bits per heavy atom. The van der Waals surface area contributed by atoms with E-state index in [0.717, 1.165) is 38.3 Å². The highest BCUT2D eigenvalue weighted by molar-refractivity contribution is 5.29. The van der Waals surface area contributed by atoms with Crippen molar-refractivity contribution in [1.29, 1.82) is 0 Å². The van der Waals surface area contributed by atoms with Crippen LogP contribution in [0.3, 0.4) is 0 Å². The first kappa shape index (κ1) is 14.3. The molecule has 3 rings (SSSR count). The summed E-state index contributed by atoms with van der Waals surface area (Å²) < 4.78 is 7.28. The lowest BCUT2D eigenvalue weighted by molar-refractivity contribution is 0.184. The van der Waals surface area contributed by atoms with Gasteiger partial charge >= 0.3 is 0 Å². The monoisotopic (exact) mass is 289 g/mol. The Kier molecular flexibility index (Phi) is 4.36. The van der Waals surface area contributed by atoms with Crippen LogP contribution in [0.4, 0.5) is 0 Å². The number of aromatic amines is 1. The van der Waals surface area contributed by atoms with E-state index in [9.17, 15) is 0 Å². The first-order valence-corrected chi connectivity index (χ1v) is 7.50. The molecule has 1 aliphatic rings. The third-order valence-corrected chi connectivity index (χ3v) is 4.06. The number of hydrogen-bond acceptors (Lipinski definition) is 4. The standard InChI is InChI=1S/C15H23N5O/c1-19(10-14-12-4-3-5-13(12)17-18-14)11-15-16-6-7-20(15)8-9-21-2/h6-7H,3-5,8-11H2,1-2H3,(H,17,18). The first-order chi connectivity index (χ1) is 10.3. The second-order valence-corrected chi connectivity index (χ2v) is 5.68. The maximum Gasteiger partial charge on any atom is 0.122 e. The van der Waals surface area contributed by atoms with Gasteiger partial charge in [-0.3, -0.25) is 10.00 Å². The third kappa shape index (κ3) is 3.16. The van der Waals surface area contributed by atoms with Crippen molar-refractivity contribution in [2.24, 2.45) is 0 Å². The van der Waals surface area contributed by atoms with Gasteiger partial charge in [0, 0.05) is 38.3 Å². The van der Waals surface area contributed by atoms with Crippen LogP contribution >= 0.6 is 0 Å². The van der Waals surface area contributed by atoms with Gasteiger partial charge in [0.1, 0.15) is 5.82 Å². The van der Waals surface area contributed by atoms with Gasteiger partial charge < -0.3 is 9.30 Å². The van der Waals surface area contributed by atoms with Crippen molar-refractivity contribution in [3.63, 3.8) is 0 Å². The predicted octanol–water partition coefficient (Wildman–Crippen LogP) is 1.37. The zero-order valence-corrected chi connectivity index (χ0v) is 12.8. The van der Waals surface area contributed by atoms with Gasteiger partial charge in [0.05, 0.1) is 18.8 Å². The zero-order chi connectivity index (χ0) is 14.7. The summed E-state index contributed by atoms with van der Waals surface area (Å²) in [7, 11) is 3.84. The van der Waals surface area contributed by atoms with Crippen LogP contribution < -0.4 is 0 Å². The SMILES string of the molecule is COCCn1ccnc1CN(C)Cc1n[nH]c2c1CCC2. The second-order valence-electron chi connectivity index (χ2n) is 5.68. The molecule has 6 nitrogen and oxygen atoms in total. The number of rotatable bonds is 7. The molecule has 2 aromatic heterocycles. The zero-order valence-electron chi connectivity index (χ0n) is 12.8. The van der Waals surface area contributed by atoms with Gasteiger partial charge in [0.25, 0.3) is 0 Å². The summed E-state index contributed by atoms with van der Waals surface area (Å²) in [5, 5.41) is 7.64. The Balaban J connectivity index is 1.61. The van der Waals surface area contributed by atoms with Crippen molar-refractivity contribution in [3.8, 4) is 0 Å². The predicted molar refractivity (Wildman–Crippen MR) is 79.9 cm³/mol. The molecule has 114 valence electrons. The minimum Gasteiger partial charge on any atom is -0.383 e. The van der Waals surface area contributed by atoms with E-state index in [1.807, 2.05) is 12.4 Å². The second kappa shape index (κ2) is 6.41. The normalized spacial score (nSPS) is 14.0. The number of aromatic nitrogens is 4. The Labute approximate surface area is 125 Å². The van der Waals surface area contributed by atoms with Crippen molar-refractivity contribution in [1.82, 2.24) is 24.6 Å². The van der Waals surface area contributed by atoms with Gasteiger partial charge in [0.15, 0.2) is 0 Å². The fraction of sp³-hybridized carbons (Fsp3) is 0.600. The van der Waals surface area contributed by atoms with Crippen LogP contribution in [-0.2, 0) is 37.2 Å². The highest BCUT2D eigenvalue weighted by Gasteiger charge is 2.19. The van der Waals surface area contributed by atoms with Crippen LogP contribution in [0.5, 0.6) is 0 Å². The van der Waals surface area contributed by atoms with E-state index >= 15 is 0 Å². The molecular weight excluding hydrogens is 266 g/mol. The molecule has 0 aliphatic heterocycles. The number of fused-ring (bicyclic) bond motifs is 1. The molecule has 1 N–H and O–H groups in total. The van der Waals surface area contributed by atoms with E-state index in [0.29, 0.717) is 6.61 Å². The van der Waals surface area contributed by atoms with E-state index in [1.54, 1.807) is 7.11 Å². The molecule has 0 amide bonds. The Morgan fingerprint density at radius 3 is 3.14 bits per heavy atom. The van der Waals surface area contributed by atoms with Crippen molar-refractivity contribution in [2.45, 2.75) is 38.9 Å². The average molecular weight is 289 g/mol. The van der Waals surface area contributed by atoms with Crippen molar-refractivity contribution in [3.05, 3.63) is 35.2 Å². The van der Waals surface area contributed by atoms with E-state index in [2.05, 4.69) is 31.7 Å². The van der Waals surface area contributed by atoms with E-state index < -0.39 is 0 Å². The summed E-state index contributed by atoms with van der Waals surface area (Å²) in [6.07, 6.45) is 7.42. The molecule has 0 saturated heterocycles. The summed E-state index contributed by atoms with van der Waals surface area (Å²) in [4.78, 5) is 6.71. The van der Waals surface area contributed by atoms with Crippen LogP contribution in [0, 0.1) is 0 Å². The lowest BCUT2D eigenvalue weighted by Crippen LogP contribution is -2.21. The maximum absolute atomic E-state index is 5.13. The van der Waals surface area contributed by atoms with E-state index in [-0.39, 0.29) is 0 Å². The van der Waals surface area contributed by atoms with Crippen molar-refractivity contribution < 1.29 is 4.74 Å².